The third-order valence-electron chi connectivity index (χ3n) is 5.17. The number of hydrogen-bond acceptors (Lipinski definition) is 6. The Morgan fingerprint density at radius 2 is 1.48 bits per heavy atom. The van der Waals surface area contributed by atoms with Crippen LogP contribution < -0.4 is 4.72 Å². The van der Waals surface area contributed by atoms with Crippen molar-refractivity contribution in [3.05, 3.63) is 119 Å². The van der Waals surface area contributed by atoms with Crippen molar-refractivity contribution in [2.24, 2.45) is 0 Å². The molecule has 0 amide bonds. The van der Waals surface area contributed by atoms with Gasteiger partial charge in [0.2, 0.25) is 10.0 Å². The Hall–Kier alpha value is -4.09. The molecule has 0 fully saturated rings. The second-order valence-electron chi connectivity index (χ2n) is 7.59. The molecule has 164 valence electrons. The van der Waals surface area contributed by atoms with Gasteiger partial charge in [0.25, 0.3) is 0 Å². The van der Waals surface area contributed by atoms with Crippen molar-refractivity contribution in [3.8, 4) is 6.07 Å². The minimum Gasteiger partial charge on any atom is -0.268 e. The lowest BCUT2D eigenvalue weighted by Crippen LogP contribution is -2.18. The maximum absolute atomic E-state index is 11.8. The molecule has 1 aromatic carbocycles. The number of nitrogens with zero attached hydrogens (tertiary/aromatic N) is 4. The molecule has 7 nitrogen and oxygen atoms in total. The van der Waals surface area contributed by atoms with Gasteiger partial charge in [0.05, 0.1) is 23.6 Å². The van der Waals surface area contributed by atoms with Gasteiger partial charge in [0.1, 0.15) is 5.82 Å². The summed E-state index contributed by atoms with van der Waals surface area (Å²) in [6, 6.07) is 22.6. The van der Waals surface area contributed by atoms with E-state index in [1.54, 1.807) is 43.0 Å². The lowest BCUT2D eigenvalue weighted by atomic mass is 9.76. The van der Waals surface area contributed by atoms with E-state index in [0.29, 0.717) is 11.3 Å². The molecule has 0 radical (unpaired) electrons. The molecule has 8 heteroatoms. The second kappa shape index (κ2) is 9.59. The maximum Gasteiger partial charge on any atom is 0.230 e. The Bertz CT molecular complexity index is 1390. The maximum atomic E-state index is 11.8. The molecule has 4 aromatic rings. The summed E-state index contributed by atoms with van der Waals surface area (Å²) in [5, 5.41) is 9.48. The molecule has 33 heavy (non-hydrogen) atoms. The Kier molecular flexibility index (Phi) is 6.43. The summed E-state index contributed by atoms with van der Waals surface area (Å²) in [6.07, 6.45) is 8.07. The van der Waals surface area contributed by atoms with Gasteiger partial charge in [-0.15, -0.1) is 0 Å². The van der Waals surface area contributed by atoms with Crippen LogP contribution >= 0.6 is 0 Å². The zero-order chi connectivity index (χ0) is 23.3. The van der Waals surface area contributed by atoms with Gasteiger partial charge in [-0.25, -0.2) is 13.4 Å². The SMILES string of the molecule is CS(=O)(=O)Nc1cccc(C(c2cccnc2)C(c2cccnc2)c2cccc(C#N)c2)n1. The minimum atomic E-state index is -3.49. The van der Waals surface area contributed by atoms with Crippen LogP contribution in [0.3, 0.4) is 0 Å². The molecule has 1 N–H and O–H groups in total. The number of anilines is 1. The number of pyridine rings is 3. The molecule has 0 bridgehead atoms. The molecule has 0 spiro atoms. The second-order valence-corrected chi connectivity index (χ2v) is 9.34. The van der Waals surface area contributed by atoms with Crippen molar-refractivity contribution in [2.45, 2.75) is 11.8 Å². The summed E-state index contributed by atoms with van der Waals surface area (Å²) < 4.78 is 26.1. The fourth-order valence-corrected chi connectivity index (χ4v) is 4.40. The van der Waals surface area contributed by atoms with Crippen LogP contribution in [0.15, 0.2) is 91.5 Å². The number of benzene rings is 1. The quantitative estimate of drug-likeness (QED) is 0.450. The smallest absolute Gasteiger partial charge is 0.230 e. The molecule has 4 rings (SSSR count). The normalized spacial score (nSPS) is 13.0. The highest BCUT2D eigenvalue weighted by atomic mass is 32.2. The Balaban J connectivity index is 1.94. The van der Waals surface area contributed by atoms with E-state index in [1.807, 2.05) is 48.5 Å². The van der Waals surface area contributed by atoms with E-state index in [1.165, 1.54) is 0 Å². The standard InChI is InChI=1S/C25H21N5O2S/c1-33(31,32)30-23-11-3-10-22(29-23)25(21-9-5-13-28-17-21)24(20-8-4-12-27-16-20)19-7-2-6-18(14-19)15-26/h2-14,16-17,24-25H,1H3,(H,29,30). The first-order chi connectivity index (χ1) is 15.9. The number of sulfonamides is 1. The van der Waals surface area contributed by atoms with Crippen molar-refractivity contribution in [2.75, 3.05) is 11.0 Å². The summed E-state index contributed by atoms with van der Waals surface area (Å²) in [4.78, 5) is 13.3. The van der Waals surface area contributed by atoms with Crippen molar-refractivity contribution in [1.82, 2.24) is 15.0 Å². The first kappa shape index (κ1) is 22.1. The van der Waals surface area contributed by atoms with E-state index in [0.717, 1.165) is 22.9 Å². The zero-order valence-electron chi connectivity index (χ0n) is 17.8. The molecule has 0 saturated heterocycles. The van der Waals surface area contributed by atoms with Crippen LogP contribution in [-0.2, 0) is 10.0 Å². The van der Waals surface area contributed by atoms with Gasteiger partial charge < -0.3 is 0 Å². The molecular formula is C25H21N5O2S. The molecule has 0 aliphatic heterocycles. The Labute approximate surface area is 192 Å². The van der Waals surface area contributed by atoms with Gasteiger partial charge in [-0.1, -0.05) is 30.3 Å². The van der Waals surface area contributed by atoms with Gasteiger partial charge in [-0.3, -0.25) is 14.7 Å². The summed E-state index contributed by atoms with van der Waals surface area (Å²) in [6.45, 7) is 0. The Morgan fingerprint density at radius 1 is 0.848 bits per heavy atom. The molecule has 3 aromatic heterocycles. The van der Waals surface area contributed by atoms with Crippen LogP contribution in [0.5, 0.6) is 0 Å². The number of hydrogen-bond donors (Lipinski definition) is 1. The van der Waals surface area contributed by atoms with Crippen LogP contribution in [0.1, 0.15) is 39.8 Å². The summed E-state index contributed by atoms with van der Waals surface area (Å²) in [5.74, 6) is -0.338. The van der Waals surface area contributed by atoms with E-state index in [4.69, 9.17) is 0 Å². The molecule has 2 atom stereocenters. The van der Waals surface area contributed by atoms with Crippen LogP contribution in [0.2, 0.25) is 0 Å². The number of rotatable bonds is 7. The number of nitriles is 1. The molecule has 0 aliphatic rings. The van der Waals surface area contributed by atoms with Gasteiger partial charge in [-0.05, 0) is 53.1 Å². The first-order valence-corrected chi connectivity index (χ1v) is 12.1. The molecule has 0 aliphatic carbocycles. The number of aromatic nitrogens is 3. The van der Waals surface area contributed by atoms with Gasteiger partial charge in [0, 0.05) is 36.6 Å². The predicted octanol–water partition coefficient (Wildman–Crippen LogP) is 4.08. The lowest BCUT2D eigenvalue weighted by Gasteiger charge is -2.28. The molecular weight excluding hydrogens is 434 g/mol. The van der Waals surface area contributed by atoms with Crippen LogP contribution in [-0.4, -0.2) is 29.6 Å². The fraction of sp³-hybridized carbons (Fsp3) is 0.120. The third-order valence-corrected chi connectivity index (χ3v) is 5.75. The minimum absolute atomic E-state index is 0.236. The molecule has 3 heterocycles. The fourth-order valence-electron chi connectivity index (χ4n) is 3.90. The zero-order valence-corrected chi connectivity index (χ0v) is 18.6. The highest BCUT2D eigenvalue weighted by Gasteiger charge is 2.30. The summed E-state index contributed by atoms with van der Waals surface area (Å²) >= 11 is 0. The van der Waals surface area contributed by atoms with Crippen molar-refractivity contribution >= 4 is 15.8 Å². The average molecular weight is 456 g/mol. The summed E-state index contributed by atoms with van der Waals surface area (Å²) in [5.41, 5.74) is 3.96. The monoisotopic (exact) mass is 455 g/mol. The summed E-state index contributed by atoms with van der Waals surface area (Å²) in [7, 11) is -3.49. The highest BCUT2D eigenvalue weighted by Crippen LogP contribution is 2.42. The lowest BCUT2D eigenvalue weighted by molar-refractivity contribution is 0.606. The first-order valence-electron chi connectivity index (χ1n) is 10.2. The van der Waals surface area contributed by atoms with Gasteiger partial charge in [-0.2, -0.15) is 5.26 Å². The topological polar surface area (TPSA) is 109 Å². The van der Waals surface area contributed by atoms with Crippen LogP contribution in [0.25, 0.3) is 0 Å². The average Bonchev–Trinajstić information content (AvgIpc) is 2.82. The Morgan fingerprint density at radius 3 is 2.09 bits per heavy atom. The van der Waals surface area contributed by atoms with Crippen LogP contribution in [0.4, 0.5) is 5.82 Å². The van der Waals surface area contributed by atoms with E-state index >= 15 is 0 Å². The van der Waals surface area contributed by atoms with Crippen LogP contribution in [0, 0.1) is 11.3 Å². The van der Waals surface area contributed by atoms with E-state index < -0.39 is 10.0 Å². The van der Waals surface area contributed by atoms with Crippen molar-refractivity contribution in [1.29, 1.82) is 5.26 Å². The number of nitrogens with one attached hydrogen (secondary N) is 1. The predicted molar refractivity (Wildman–Crippen MR) is 126 cm³/mol. The highest BCUT2D eigenvalue weighted by molar-refractivity contribution is 7.92. The van der Waals surface area contributed by atoms with Gasteiger partial charge in [0.15, 0.2) is 0 Å². The largest absolute Gasteiger partial charge is 0.268 e. The van der Waals surface area contributed by atoms with E-state index in [9.17, 15) is 13.7 Å². The van der Waals surface area contributed by atoms with E-state index in [2.05, 4.69) is 25.7 Å². The van der Waals surface area contributed by atoms with Gasteiger partial charge >= 0.3 is 0 Å². The molecule has 0 saturated carbocycles. The van der Waals surface area contributed by atoms with Crippen molar-refractivity contribution in [3.63, 3.8) is 0 Å². The van der Waals surface area contributed by atoms with E-state index in [-0.39, 0.29) is 17.7 Å². The molecule has 2 unspecified atom stereocenters. The third kappa shape index (κ3) is 5.40. The van der Waals surface area contributed by atoms with Crippen molar-refractivity contribution < 1.29 is 8.42 Å².